The van der Waals surface area contributed by atoms with E-state index in [0.29, 0.717) is 18.9 Å². The van der Waals surface area contributed by atoms with E-state index in [1.54, 1.807) is 23.3 Å². The second kappa shape index (κ2) is 8.01. The molecule has 9 nitrogen and oxygen atoms in total. The SMILES string of the molecule is CC(C)(Cn1cc2c(N)nc3cc(-c4ccn[nH]4)ccc3c2n1)C(=O)NCc1cccnc1. The van der Waals surface area contributed by atoms with Crippen LogP contribution in [0.15, 0.2) is 61.2 Å². The van der Waals surface area contributed by atoms with E-state index in [2.05, 4.69) is 25.5 Å². The first-order chi connectivity index (χ1) is 15.9. The summed E-state index contributed by atoms with van der Waals surface area (Å²) in [5.41, 5.74) is 9.93. The molecule has 0 aliphatic heterocycles. The van der Waals surface area contributed by atoms with E-state index < -0.39 is 5.41 Å². The number of nitrogen functional groups attached to an aromatic ring is 1. The van der Waals surface area contributed by atoms with Gasteiger partial charge in [-0.25, -0.2) is 4.98 Å². The van der Waals surface area contributed by atoms with Crippen LogP contribution in [0.25, 0.3) is 33.1 Å². The zero-order valence-electron chi connectivity index (χ0n) is 18.4. The summed E-state index contributed by atoms with van der Waals surface area (Å²) in [6.07, 6.45) is 7.02. The Morgan fingerprint density at radius 3 is 2.82 bits per heavy atom. The van der Waals surface area contributed by atoms with Crippen molar-refractivity contribution in [3.05, 3.63) is 66.7 Å². The largest absolute Gasteiger partial charge is 0.383 e. The minimum absolute atomic E-state index is 0.0638. The van der Waals surface area contributed by atoms with Crippen molar-refractivity contribution in [2.24, 2.45) is 5.41 Å². The van der Waals surface area contributed by atoms with Crippen LogP contribution in [0.1, 0.15) is 19.4 Å². The number of pyridine rings is 2. The van der Waals surface area contributed by atoms with Crippen molar-refractivity contribution in [2.75, 3.05) is 5.73 Å². The maximum Gasteiger partial charge on any atom is 0.227 e. The van der Waals surface area contributed by atoms with E-state index in [1.807, 2.05) is 56.4 Å². The number of nitrogens with two attached hydrogens (primary N) is 1. The van der Waals surface area contributed by atoms with Gasteiger partial charge in [0.25, 0.3) is 0 Å². The third-order valence-corrected chi connectivity index (χ3v) is 5.69. The molecular formula is C24H24N8O. The van der Waals surface area contributed by atoms with Gasteiger partial charge in [0, 0.05) is 42.3 Å². The number of benzene rings is 1. The van der Waals surface area contributed by atoms with Crippen LogP contribution in [-0.2, 0) is 17.9 Å². The molecule has 0 saturated heterocycles. The molecule has 0 bridgehead atoms. The van der Waals surface area contributed by atoms with Gasteiger partial charge in [-0.05, 0) is 43.7 Å². The van der Waals surface area contributed by atoms with Crippen molar-refractivity contribution in [3.63, 3.8) is 0 Å². The molecule has 0 atom stereocenters. The van der Waals surface area contributed by atoms with E-state index in [-0.39, 0.29) is 5.91 Å². The lowest BCUT2D eigenvalue weighted by molar-refractivity contribution is -0.130. The van der Waals surface area contributed by atoms with Crippen molar-refractivity contribution in [2.45, 2.75) is 26.9 Å². The van der Waals surface area contributed by atoms with Gasteiger partial charge in [0.05, 0.1) is 28.6 Å². The maximum absolute atomic E-state index is 12.9. The molecule has 4 aromatic heterocycles. The van der Waals surface area contributed by atoms with Crippen LogP contribution in [0.4, 0.5) is 5.82 Å². The predicted octanol–water partition coefficient (Wildman–Crippen LogP) is 3.29. The summed E-state index contributed by atoms with van der Waals surface area (Å²) in [4.78, 5) is 21.5. The Bertz CT molecular complexity index is 1440. The van der Waals surface area contributed by atoms with Crippen molar-refractivity contribution in [1.82, 2.24) is 35.3 Å². The summed E-state index contributed by atoms with van der Waals surface area (Å²) in [7, 11) is 0. The number of aromatic amines is 1. The van der Waals surface area contributed by atoms with Crippen LogP contribution in [0.2, 0.25) is 0 Å². The fourth-order valence-electron chi connectivity index (χ4n) is 3.89. The molecule has 0 fully saturated rings. The lowest BCUT2D eigenvalue weighted by Gasteiger charge is -2.23. The summed E-state index contributed by atoms with van der Waals surface area (Å²) in [6, 6.07) is 11.6. The van der Waals surface area contributed by atoms with Crippen molar-refractivity contribution < 1.29 is 4.79 Å². The van der Waals surface area contributed by atoms with Gasteiger partial charge in [-0.15, -0.1) is 0 Å². The first kappa shape index (κ1) is 20.6. The molecule has 0 spiro atoms. The third-order valence-electron chi connectivity index (χ3n) is 5.69. The minimum atomic E-state index is -0.684. The normalized spacial score (nSPS) is 11.8. The zero-order valence-corrected chi connectivity index (χ0v) is 18.4. The number of carbonyl (C=O) groups is 1. The standard InChI is InChI=1S/C24H24N8O/c1-24(2,23(33)27-12-15-4-3-8-26-11-15)14-32-13-18-21(31-32)17-6-5-16(19-7-9-28-30-19)10-20(17)29-22(18)25/h3-11,13H,12,14H2,1-2H3,(H2,25,29)(H,27,33)(H,28,30). The fraction of sp³-hybridized carbons (Fsp3) is 0.208. The molecule has 9 heteroatoms. The quantitative estimate of drug-likeness (QED) is 0.372. The average Bonchev–Trinajstić information content (AvgIpc) is 3.48. The van der Waals surface area contributed by atoms with Crippen LogP contribution < -0.4 is 11.1 Å². The average molecular weight is 441 g/mol. The highest BCUT2D eigenvalue weighted by atomic mass is 16.2. The number of nitrogens with zero attached hydrogens (tertiary/aromatic N) is 5. The summed E-state index contributed by atoms with van der Waals surface area (Å²) in [6.45, 7) is 4.62. The lowest BCUT2D eigenvalue weighted by atomic mass is 9.92. The highest BCUT2D eigenvalue weighted by molar-refractivity contribution is 6.08. The Morgan fingerprint density at radius 2 is 2.06 bits per heavy atom. The van der Waals surface area contributed by atoms with E-state index in [9.17, 15) is 4.79 Å². The number of hydrogen-bond donors (Lipinski definition) is 3. The Kier molecular flexibility index (Phi) is 5.01. The van der Waals surface area contributed by atoms with Crippen LogP contribution in [0.3, 0.4) is 0 Å². The van der Waals surface area contributed by atoms with Crippen LogP contribution in [0, 0.1) is 5.41 Å². The first-order valence-electron chi connectivity index (χ1n) is 10.6. The topological polar surface area (TPSA) is 127 Å². The monoisotopic (exact) mass is 440 g/mol. The van der Waals surface area contributed by atoms with Gasteiger partial charge < -0.3 is 11.1 Å². The number of carbonyl (C=O) groups excluding carboxylic acids is 1. The molecule has 5 rings (SSSR count). The predicted molar refractivity (Wildman–Crippen MR) is 127 cm³/mol. The Hall–Kier alpha value is -4.27. The van der Waals surface area contributed by atoms with Crippen molar-refractivity contribution >= 4 is 33.5 Å². The highest BCUT2D eigenvalue weighted by Gasteiger charge is 2.29. The van der Waals surface area contributed by atoms with E-state index in [1.165, 1.54) is 0 Å². The maximum atomic E-state index is 12.9. The molecule has 33 heavy (non-hydrogen) atoms. The van der Waals surface area contributed by atoms with Crippen molar-refractivity contribution in [3.8, 4) is 11.3 Å². The van der Waals surface area contributed by atoms with E-state index in [4.69, 9.17) is 10.8 Å². The molecule has 1 amide bonds. The van der Waals surface area contributed by atoms with E-state index in [0.717, 1.165) is 38.6 Å². The van der Waals surface area contributed by atoms with Gasteiger partial charge in [-0.1, -0.05) is 12.1 Å². The summed E-state index contributed by atoms with van der Waals surface area (Å²) in [5.74, 6) is 0.343. The first-order valence-corrected chi connectivity index (χ1v) is 10.6. The van der Waals surface area contributed by atoms with Gasteiger partial charge in [-0.2, -0.15) is 10.2 Å². The molecule has 0 aliphatic rings. The molecule has 0 unspecified atom stereocenters. The number of amides is 1. The Labute approximate surface area is 190 Å². The van der Waals surface area contributed by atoms with Gasteiger partial charge in [0.2, 0.25) is 5.91 Å². The smallest absolute Gasteiger partial charge is 0.227 e. The summed E-state index contributed by atoms with van der Waals surface area (Å²) in [5, 5.41) is 16.4. The molecule has 0 aliphatic carbocycles. The van der Waals surface area contributed by atoms with Crippen LogP contribution in [0.5, 0.6) is 0 Å². The minimum Gasteiger partial charge on any atom is -0.383 e. The third kappa shape index (κ3) is 4.00. The molecule has 4 N–H and O–H groups in total. The summed E-state index contributed by atoms with van der Waals surface area (Å²) >= 11 is 0. The molecule has 5 aromatic rings. The van der Waals surface area contributed by atoms with E-state index >= 15 is 0 Å². The highest BCUT2D eigenvalue weighted by Crippen LogP contribution is 2.30. The molecule has 166 valence electrons. The molecular weight excluding hydrogens is 416 g/mol. The Balaban J connectivity index is 1.41. The number of aromatic nitrogens is 6. The summed E-state index contributed by atoms with van der Waals surface area (Å²) < 4.78 is 1.77. The lowest BCUT2D eigenvalue weighted by Crippen LogP contribution is -2.39. The van der Waals surface area contributed by atoms with Gasteiger partial charge in [-0.3, -0.25) is 19.6 Å². The van der Waals surface area contributed by atoms with Crippen LogP contribution in [-0.4, -0.2) is 35.9 Å². The van der Waals surface area contributed by atoms with Gasteiger partial charge in [0.15, 0.2) is 0 Å². The number of hydrogen-bond acceptors (Lipinski definition) is 6. The number of fused-ring (bicyclic) bond motifs is 3. The Morgan fingerprint density at radius 1 is 1.18 bits per heavy atom. The second-order valence-electron chi connectivity index (χ2n) is 8.72. The van der Waals surface area contributed by atoms with Crippen LogP contribution >= 0.6 is 0 Å². The second-order valence-corrected chi connectivity index (χ2v) is 8.72. The number of rotatable bonds is 6. The van der Waals surface area contributed by atoms with Gasteiger partial charge in [0.1, 0.15) is 11.3 Å². The molecule has 0 radical (unpaired) electrons. The molecule has 0 saturated carbocycles. The number of H-pyrrole nitrogens is 1. The number of nitrogens with one attached hydrogen (secondary N) is 2. The fourth-order valence-corrected chi connectivity index (χ4v) is 3.89. The van der Waals surface area contributed by atoms with Crippen molar-refractivity contribution in [1.29, 1.82) is 0 Å². The number of anilines is 1. The van der Waals surface area contributed by atoms with Gasteiger partial charge >= 0.3 is 0 Å². The molecule has 1 aromatic carbocycles. The molecule has 4 heterocycles. The zero-order chi connectivity index (χ0) is 23.0.